The molecule has 0 spiro atoms. The van der Waals surface area contributed by atoms with Crippen molar-refractivity contribution >= 4 is 28.4 Å². The van der Waals surface area contributed by atoms with Crippen molar-refractivity contribution in [2.45, 2.75) is 25.7 Å². The monoisotopic (exact) mass is 300 g/mol. The SMILES string of the molecule is O=C(c1ccccc1I)C1CCCC1. The fourth-order valence-electron chi connectivity index (χ4n) is 2.07. The maximum atomic E-state index is 12.1. The Morgan fingerprint density at radius 1 is 1.21 bits per heavy atom. The Bertz CT molecular complexity index is 340. The van der Waals surface area contributed by atoms with E-state index in [0.29, 0.717) is 11.7 Å². The molecule has 1 aromatic carbocycles. The van der Waals surface area contributed by atoms with E-state index in [1.54, 1.807) is 0 Å². The second kappa shape index (κ2) is 4.43. The fourth-order valence-corrected chi connectivity index (χ4v) is 2.72. The Kier molecular flexibility index (Phi) is 3.21. The molecular formula is C12H13IO. The topological polar surface area (TPSA) is 17.1 Å². The quantitative estimate of drug-likeness (QED) is 0.602. The largest absolute Gasteiger partial charge is 0.294 e. The van der Waals surface area contributed by atoms with Gasteiger partial charge in [-0.3, -0.25) is 4.79 Å². The lowest BCUT2D eigenvalue weighted by atomic mass is 9.96. The van der Waals surface area contributed by atoms with Crippen LogP contribution in [0.3, 0.4) is 0 Å². The maximum absolute atomic E-state index is 12.1. The van der Waals surface area contributed by atoms with E-state index in [0.717, 1.165) is 22.0 Å². The zero-order chi connectivity index (χ0) is 9.97. The summed E-state index contributed by atoms with van der Waals surface area (Å²) in [5, 5.41) is 0. The molecule has 2 rings (SSSR count). The predicted octanol–water partition coefficient (Wildman–Crippen LogP) is 3.66. The standard InChI is InChI=1S/C12H13IO/c13-11-8-4-3-7-10(11)12(14)9-5-1-2-6-9/h3-4,7-9H,1-2,5-6H2. The summed E-state index contributed by atoms with van der Waals surface area (Å²) >= 11 is 2.24. The van der Waals surface area contributed by atoms with Crippen molar-refractivity contribution in [3.8, 4) is 0 Å². The summed E-state index contributed by atoms with van der Waals surface area (Å²) in [6.45, 7) is 0. The highest BCUT2D eigenvalue weighted by atomic mass is 127. The molecule has 0 radical (unpaired) electrons. The van der Waals surface area contributed by atoms with Crippen LogP contribution in [0.15, 0.2) is 24.3 Å². The van der Waals surface area contributed by atoms with Gasteiger partial charge in [-0.2, -0.15) is 0 Å². The van der Waals surface area contributed by atoms with Crippen molar-refractivity contribution in [1.82, 2.24) is 0 Å². The van der Waals surface area contributed by atoms with Gasteiger partial charge in [0.15, 0.2) is 5.78 Å². The molecule has 0 N–H and O–H groups in total. The molecule has 0 bridgehead atoms. The summed E-state index contributed by atoms with van der Waals surface area (Å²) in [6.07, 6.45) is 4.62. The first-order valence-electron chi connectivity index (χ1n) is 5.08. The second-order valence-corrected chi connectivity index (χ2v) is 4.99. The number of carbonyl (C=O) groups is 1. The van der Waals surface area contributed by atoms with E-state index in [-0.39, 0.29) is 0 Å². The van der Waals surface area contributed by atoms with Gasteiger partial charge in [0.1, 0.15) is 0 Å². The minimum atomic E-state index is 0.297. The van der Waals surface area contributed by atoms with Crippen LogP contribution in [0.1, 0.15) is 36.0 Å². The molecule has 1 saturated carbocycles. The Labute approximate surface area is 98.0 Å². The van der Waals surface area contributed by atoms with Gasteiger partial charge < -0.3 is 0 Å². The van der Waals surface area contributed by atoms with Gasteiger partial charge >= 0.3 is 0 Å². The van der Waals surface area contributed by atoms with E-state index in [9.17, 15) is 4.79 Å². The van der Waals surface area contributed by atoms with Gasteiger partial charge in [0.2, 0.25) is 0 Å². The van der Waals surface area contributed by atoms with Crippen LogP contribution >= 0.6 is 22.6 Å². The van der Waals surface area contributed by atoms with E-state index in [4.69, 9.17) is 0 Å². The van der Waals surface area contributed by atoms with Crippen LogP contribution in [-0.2, 0) is 0 Å². The summed E-state index contributed by atoms with van der Waals surface area (Å²) < 4.78 is 1.09. The lowest BCUT2D eigenvalue weighted by molar-refractivity contribution is 0.0922. The Balaban J connectivity index is 2.22. The third-order valence-corrected chi connectivity index (χ3v) is 3.81. The van der Waals surface area contributed by atoms with Crippen molar-refractivity contribution < 1.29 is 4.79 Å². The summed E-state index contributed by atoms with van der Waals surface area (Å²) in [7, 11) is 0. The molecule has 2 heteroatoms. The maximum Gasteiger partial charge on any atom is 0.167 e. The first-order chi connectivity index (χ1) is 6.79. The highest BCUT2D eigenvalue weighted by molar-refractivity contribution is 14.1. The molecule has 1 nitrogen and oxygen atoms in total. The number of carbonyl (C=O) groups excluding carboxylic acids is 1. The molecule has 0 aromatic heterocycles. The Morgan fingerprint density at radius 3 is 2.50 bits per heavy atom. The summed E-state index contributed by atoms with van der Waals surface area (Å²) in [6, 6.07) is 7.88. The van der Waals surface area contributed by atoms with Gasteiger partial charge in [-0.25, -0.2) is 0 Å². The molecule has 0 saturated heterocycles. The molecule has 1 fully saturated rings. The van der Waals surface area contributed by atoms with Gasteiger partial charge in [0, 0.05) is 15.1 Å². The van der Waals surface area contributed by atoms with Crippen molar-refractivity contribution in [1.29, 1.82) is 0 Å². The van der Waals surface area contributed by atoms with Gasteiger partial charge in [-0.05, 0) is 41.5 Å². The molecule has 0 unspecified atom stereocenters. The number of hydrogen-bond acceptors (Lipinski definition) is 1. The molecular weight excluding hydrogens is 287 g/mol. The molecule has 1 aromatic rings. The number of hydrogen-bond donors (Lipinski definition) is 0. The van der Waals surface area contributed by atoms with Crippen molar-refractivity contribution in [3.05, 3.63) is 33.4 Å². The van der Waals surface area contributed by atoms with Crippen LogP contribution < -0.4 is 0 Å². The molecule has 74 valence electrons. The minimum absolute atomic E-state index is 0.297. The smallest absolute Gasteiger partial charge is 0.167 e. The number of benzene rings is 1. The second-order valence-electron chi connectivity index (χ2n) is 3.83. The molecule has 0 aliphatic heterocycles. The average Bonchev–Trinajstić information content (AvgIpc) is 2.70. The van der Waals surface area contributed by atoms with Crippen molar-refractivity contribution in [2.75, 3.05) is 0 Å². The Morgan fingerprint density at radius 2 is 1.86 bits per heavy atom. The molecule has 1 aliphatic carbocycles. The van der Waals surface area contributed by atoms with Crippen LogP contribution in [0.2, 0.25) is 0 Å². The first-order valence-corrected chi connectivity index (χ1v) is 6.15. The third kappa shape index (κ3) is 2.00. The Hall–Kier alpha value is -0.380. The summed E-state index contributed by atoms with van der Waals surface area (Å²) in [5.41, 5.74) is 0.917. The van der Waals surface area contributed by atoms with Crippen LogP contribution in [0.25, 0.3) is 0 Å². The van der Waals surface area contributed by atoms with Gasteiger partial charge in [0.05, 0.1) is 0 Å². The molecule has 1 aliphatic rings. The molecule has 0 atom stereocenters. The highest BCUT2D eigenvalue weighted by Gasteiger charge is 2.24. The number of halogens is 1. The fraction of sp³-hybridized carbons (Fsp3) is 0.417. The van der Waals surface area contributed by atoms with Gasteiger partial charge in [-0.1, -0.05) is 31.0 Å². The van der Waals surface area contributed by atoms with E-state index in [2.05, 4.69) is 22.6 Å². The van der Waals surface area contributed by atoms with Crippen LogP contribution in [0, 0.1) is 9.49 Å². The zero-order valence-corrected chi connectivity index (χ0v) is 10.2. The normalized spacial score (nSPS) is 17.2. The molecule has 0 amide bonds. The molecule has 0 heterocycles. The lowest BCUT2D eigenvalue weighted by Crippen LogP contribution is -2.12. The highest BCUT2D eigenvalue weighted by Crippen LogP contribution is 2.29. The van der Waals surface area contributed by atoms with Gasteiger partial charge in [0.25, 0.3) is 0 Å². The number of ketones is 1. The zero-order valence-electron chi connectivity index (χ0n) is 8.00. The lowest BCUT2D eigenvalue weighted by Gasteiger charge is -2.08. The van der Waals surface area contributed by atoms with Gasteiger partial charge in [-0.15, -0.1) is 0 Å². The minimum Gasteiger partial charge on any atom is -0.294 e. The predicted molar refractivity (Wildman–Crippen MR) is 65.4 cm³/mol. The third-order valence-electron chi connectivity index (χ3n) is 2.87. The van der Waals surface area contributed by atoms with Crippen molar-refractivity contribution in [3.63, 3.8) is 0 Å². The van der Waals surface area contributed by atoms with Crippen LogP contribution in [-0.4, -0.2) is 5.78 Å². The first kappa shape index (κ1) is 10.1. The number of Topliss-reactive ketones (excluding diaryl/α,β-unsaturated/α-hetero) is 1. The summed E-state index contributed by atoms with van der Waals surface area (Å²) in [4.78, 5) is 12.1. The molecule has 14 heavy (non-hydrogen) atoms. The number of rotatable bonds is 2. The van der Waals surface area contributed by atoms with E-state index >= 15 is 0 Å². The van der Waals surface area contributed by atoms with E-state index < -0.39 is 0 Å². The average molecular weight is 300 g/mol. The van der Waals surface area contributed by atoms with Crippen LogP contribution in [0.4, 0.5) is 0 Å². The van der Waals surface area contributed by atoms with E-state index in [1.165, 1.54) is 12.8 Å². The van der Waals surface area contributed by atoms with E-state index in [1.807, 2.05) is 24.3 Å². The summed E-state index contributed by atoms with van der Waals surface area (Å²) in [5.74, 6) is 0.651. The van der Waals surface area contributed by atoms with Crippen LogP contribution in [0.5, 0.6) is 0 Å². The van der Waals surface area contributed by atoms with Crippen molar-refractivity contribution in [2.24, 2.45) is 5.92 Å².